The second-order valence-corrected chi connectivity index (χ2v) is 10.9. The molecule has 238 valence electrons. The Kier molecular flexibility index (Phi) is 7.33. The first kappa shape index (κ1) is 30.4. The number of hydrogen-bond acceptors (Lipinski definition) is 12. The van der Waals surface area contributed by atoms with Crippen molar-refractivity contribution in [2.45, 2.75) is 44.7 Å². The van der Waals surface area contributed by atoms with Crippen LogP contribution in [0.5, 0.6) is 23.0 Å². The van der Waals surface area contributed by atoms with Gasteiger partial charge in [-0.3, -0.25) is 9.59 Å². The van der Waals surface area contributed by atoms with Crippen molar-refractivity contribution in [2.75, 3.05) is 7.11 Å². The standard InChI is InChI=1S/C32H26O14/c1-11(33)8-13-9-12-6-7-14-21(19(12)25(37)20(13)31(41)42)26(38)22-23(35)15-4-3-5-17(27(15)46-29(22)28(14)43-2)44-32-24(36)16(34)10-18(45-32)30(39)40/h3-5,9-10,16,24,32,34,36-38H,6-8H2,1-2H3,(H,39,40)(H,41,42)/t16-,24+,32+/m0/s1. The highest BCUT2D eigenvalue weighted by atomic mass is 16.7. The molecule has 3 atom stereocenters. The van der Waals surface area contributed by atoms with Crippen molar-refractivity contribution < 1.29 is 63.7 Å². The molecular weight excluding hydrogens is 608 g/mol. The summed E-state index contributed by atoms with van der Waals surface area (Å²) >= 11 is 0. The first-order chi connectivity index (χ1) is 21.8. The Balaban J connectivity index is 1.59. The predicted molar refractivity (Wildman–Crippen MR) is 157 cm³/mol. The highest BCUT2D eigenvalue weighted by molar-refractivity contribution is 6.06. The number of benzene rings is 3. The number of methoxy groups -OCH3 is 1. The zero-order valence-corrected chi connectivity index (χ0v) is 24.2. The number of carboxylic acids is 2. The summed E-state index contributed by atoms with van der Waals surface area (Å²) in [6.45, 7) is 1.29. The van der Waals surface area contributed by atoms with E-state index in [9.17, 15) is 49.8 Å². The van der Waals surface area contributed by atoms with E-state index in [1.54, 1.807) is 0 Å². The summed E-state index contributed by atoms with van der Waals surface area (Å²) in [6, 6.07) is 5.60. The molecule has 1 aliphatic heterocycles. The zero-order chi connectivity index (χ0) is 33.2. The fraction of sp³-hybridized carbons (Fsp3) is 0.250. The van der Waals surface area contributed by atoms with Gasteiger partial charge in [0.15, 0.2) is 28.8 Å². The number of para-hydroxylation sites is 1. The number of Topliss-reactive ketones (excluding diaryl/α,β-unsaturated/α-hetero) is 1. The van der Waals surface area contributed by atoms with E-state index >= 15 is 0 Å². The maximum atomic E-state index is 14.0. The van der Waals surface area contributed by atoms with Crippen molar-refractivity contribution in [2.24, 2.45) is 0 Å². The third-order valence-corrected chi connectivity index (χ3v) is 8.00. The van der Waals surface area contributed by atoms with Crippen LogP contribution in [0.2, 0.25) is 0 Å². The molecule has 6 rings (SSSR count). The van der Waals surface area contributed by atoms with Crippen LogP contribution in [0, 0.1) is 0 Å². The van der Waals surface area contributed by atoms with Gasteiger partial charge in [-0.25, -0.2) is 9.59 Å². The van der Waals surface area contributed by atoms with E-state index in [1.165, 1.54) is 38.3 Å². The molecule has 1 aliphatic carbocycles. The Morgan fingerprint density at radius 1 is 1.00 bits per heavy atom. The molecule has 0 unspecified atom stereocenters. The van der Waals surface area contributed by atoms with Crippen molar-refractivity contribution in [3.8, 4) is 34.1 Å². The average Bonchev–Trinajstić information content (AvgIpc) is 2.99. The fourth-order valence-electron chi connectivity index (χ4n) is 6.06. The largest absolute Gasteiger partial charge is 0.506 e. The molecule has 1 aromatic heterocycles. The summed E-state index contributed by atoms with van der Waals surface area (Å²) in [7, 11) is 1.29. The quantitative estimate of drug-likeness (QED) is 0.160. The van der Waals surface area contributed by atoms with Crippen molar-refractivity contribution in [3.63, 3.8) is 0 Å². The number of aromatic carboxylic acids is 1. The summed E-state index contributed by atoms with van der Waals surface area (Å²) in [4.78, 5) is 49.5. The van der Waals surface area contributed by atoms with E-state index in [-0.39, 0.29) is 75.2 Å². The molecule has 6 N–H and O–H groups in total. The van der Waals surface area contributed by atoms with Crippen LogP contribution in [0.3, 0.4) is 0 Å². The molecule has 0 fully saturated rings. The van der Waals surface area contributed by atoms with Gasteiger partial charge in [-0.15, -0.1) is 0 Å². The Bertz CT molecular complexity index is 2090. The van der Waals surface area contributed by atoms with Gasteiger partial charge in [0.25, 0.3) is 6.29 Å². The first-order valence-corrected chi connectivity index (χ1v) is 13.9. The Morgan fingerprint density at radius 2 is 1.74 bits per heavy atom. The average molecular weight is 635 g/mol. The van der Waals surface area contributed by atoms with Crippen LogP contribution in [0.1, 0.15) is 34.0 Å². The number of rotatable bonds is 7. The van der Waals surface area contributed by atoms with Gasteiger partial charge in [0.2, 0.25) is 11.2 Å². The van der Waals surface area contributed by atoms with E-state index in [1.807, 2.05) is 0 Å². The van der Waals surface area contributed by atoms with Crippen LogP contribution >= 0.6 is 0 Å². The topological polar surface area (TPSA) is 230 Å². The van der Waals surface area contributed by atoms with Gasteiger partial charge >= 0.3 is 11.9 Å². The normalized spacial score (nSPS) is 18.7. The van der Waals surface area contributed by atoms with E-state index < -0.39 is 58.7 Å². The van der Waals surface area contributed by atoms with Crippen molar-refractivity contribution in [1.29, 1.82) is 0 Å². The molecule has 14 heteroatoms. The second kappa shape index (κ2) is 11.1. The van der Waals surface area contributed by atoms with Crippen LogP contribution in [0.4, 0.5) is 0 Å². The van der Waals surface area contributed by atoms with E-state index in [0.29, 0.717) is 11.1 Å². The first-order valence-electron chi connectivity index (χ1n) is 13.9. The van der Waals surface area contributed by atoms with Crippen molar-refractivity contribution >= 4 is 39.7 Å². The molecule has 0 bridgehead atoms. The van der Waals surface area contributed by atoms with Crippen molar-refractivity contribution in [3.05, 3.63) is 68.6 Å². The summed E-state index contributed by atoms with van der Waals surface area (Å²) in [6.07, 6.45) is -4.06. The second-order valence-electron chi connectivity index (χ2n) is 10.9. The number of phenolic OH excluding ortho intramolecular Hbond substituents is 1. The zero-order valence-electron chi connectivity index (χ0n) is 24.2. The maximum Gasteiger partial charge on any atom is 0.371 e. The monoisotopic (exact) mass is 634 g/mol. The highest BCUT2D eigenvalue weighted by Crippen LogP contribution is 2.53. The summed E-state index contributed by atoms with van der Waals surface area (Å²) in [5, 5.41) is 62.2. The lowest BCUT2D eigenvalue weighted by Gasteiger charge is -2.30. The lowest BCUT2D eigenvalue weighted by Crippen LogP contribution is -2.45. The molecule has 2 heterocycles. The highest BCUT2D eigenvalue weighted by Gasteiger charge is 2.38. The Morgan fingerprint density at radius 3 is 2.39 bits per heavy atom. The number of ether oxygens (including phenoxy) is 3. The van der Waals surface area contributed by atoms with Gasteiger partial charge < -0.3 is 49.3 Å². The SMILES string of the molecule is COc1c2c(c(O)c3c(=O)c4cccc(O[C@@H]5OC(C(=O)O)=C[C@H](O)[C@H]5O)c4oc13)-c1c(cc(CC(C)=O)c(C(=O)O)c1O)CC2. The number of carbonyl (C=O) groups excluding carboxylic acids is 1. The summed E-state index contributed by atoms with van der Waals surface area (Å²) in [5.41, 5.74) is -0.863. The Labute approximate surface area is 257 Å². The number of hydrogen-bond donors (Lipinski definition) is 6. The number of aromatic hydroxyl groups is 2. The molecule has 0 spiro atoms. The van der Waals surface area contributed by atoms with Gasteiger partial charge in [0.05, 0.1) is 12.5 Å². The number of aliphatic carboxylic acids is 1. The number of aliphatic hydroxyl groups is 2. The lowest BCUT2D eigenvalue weighted by atomic mass is 9.80. The molecule has 2 aliphatic rings. The maximum absolute atomic E-state index is 14.0. The molecule has 0 amide bonds. The van der Waals surface area contributed by atoms with Crippen LogP contribution in [0.25, 0.3) is 33.1 Å². The van der Waals surface area contributed by atoms with Crippen LogP contribution in [-0.4, -0.2) is 74.0 Å². The molecule has 0 radical (unpaired) electrons. The van der Waals surface area contributed by atoms with Gasteiger partial charge in [-0.05, 0) is 49.1 Å². The molecular formula is C32H26O14. The van der Waals surface area contributed by atoms with Crippen LogP contribution in [-0.2, 0) is 33.6 Å². The van der Waals surface area contributed by atoms with Crippen LogP contribution in [0.15, 0.2) is 45.3 Å². The number of fused-ring (bicyclic) bond motifs is 5. The van der Waals surface area contributed by atoms with Crippen molar-refractivity contribution in [1.82, 2.24) is 0 Å². The van der Waals surface area contributed by atoms with Gasteiger partial charge in [-0.1, -0.05) is 12.1 Å². The number of phenols is 2. The number of ketones is 1. The molecule has 3 aromatic carbocycles. The number of carboxylic acid groups (broad SMARTS) is 2. The smallest absolute Gasteiger partial charge is 0.371 e. The number of aryl methyl sites for hydroxylation is 1. The molecule has 0 saturated carbocycles. The van der Waals surface area contributed by atoms with Gasteiger partial charge in [0, 0.05) is 23.1 Å². The summed E-state index contributed by atoms with van der Waals surface area (Å²) < 4.78 is 22.7. The van der Waals surface area contributed by atoms with Gasteiger partial charge in [0.1, 0.15) is 34.3 Å². The number of aliphatic hydroxyl groups excluding tert-OH is 2. The van der Waals surface area contributed by atoms with E-state index in [2.05, 4.69) is 0 Å². The van der Waals surface area contributed by atoms with Gasteiger partial charge in [-0.2, -0.15) is 0 Å². The minimum absolute atomic E-state index is 0.00631. The third kappa shape index (κ3) is 4.66. The third-order valence-electron chi connectivity index (χ3n) is 8.00. The molecule has 14 nitrogen and oxygen atoms in total. The van der Waals surface area contributed by atoms with E-state index in [4.69, 9.17) is 18.6 Å². The number of carbonyl (C=O) groups is 3. The predicted octanol–water partition coefficient (Wildman–Crippen LogP) is 2.39. The lowest BCUT2D eigenvalue weighted by molar-refractivity contribution is -0.172. The minimum Gasteiger partial charge on any atom is -0.506 e. The summed E-state index contributed by atoms with van der Waals surface area (Å²) in [5.74, 6) is -5.44. The fourth-order valence-corrected chi connectivity index (χ4v) is 6.06. The minimum atomic E-state index is -1.72. The molecule has 0 saturated heterocycles. The van der Waals surface area contributed by atoms with Crippen LogP contribution < -0.4 is 14.9 Å². The van der Waals surface area contributed by atoms with E-state index in [0.717, 1.165) is 6.08 Å². The Hall–Kier alpha value is -5.60. The molecule has 46 heavy (non-hydrogen) atoms. The molecule has 4 aromatic rings.